The number of nitrogens with one attached hydrogen (secondary N) is 1. The first kappa shape index (κ1) is 26.6. The molecule has 0 atom stereocenters. The second-order valence-electron chi connectivity index (χ2n) is 6.61. The number of anilines is 1. The molecule has 1 heterocycles. The molecule has 1 N–H and O–H groups in total. The van der Waals surface area contributed by atoms with Gasteiger partial charge in [0.05, 0.1) is 11.5 Å². The summed E-state index contributed by atoms with van der Waals surface area (Å²) in [7, 11) is -4.59. The average Bonchev–Trinajstić information content (AvgIpc) is 3.31. The lowest BCUT2D eigenvalue weighted by atomic mass is 10.1. The fourth-order valence-corrected chi connectivity index (χ4v) is 4.99. The van der Waals surface area contributed by atoms with Crippen LogP contribution in [0.1, 0.15) is 12.5 Å². The summed E-state index contributed by atoms with van der Waals surface area (Å²) >= 11 is 2.27. The number of carbonyl (C=O) groups is 1. The molecule has 1 aromatic heterocycles. The molecule has 0 aliphatic carbocycles. The molecule has 15 heteroatoms. The Labute approximate surface area is 214 Å². The number of para-hydroxylation sites is 1. The summed E-state index contributed by atoms with van der Waals surface area (Å²) in [5, 5.41) is 23.9. The zero-order valence-corrected chi connectivity index (χ0v) is 21.1. The van der Waals surface area contributed by atoms with Gasteiger partial charge in [0.1, 0.15) is 11.6 Å². The topological polar surface area (TPSA) is 174 Å². The summed E-state index contributed by atoms with van der Waals surface area (Å²) in [6, 6.07) is 10.6. The summed E-state index contributed by atoms with van der Waals surface area (Å²) < 4.78 is 40.2. The minimum Gasteiger partial charge on any atom is -0.490 e. The van der Waals surface area contributed by atoms with E-state index in [1.54, 1.807) is 19.2 Å². The molecule has 0 saturated heterocycles. The van der Waals surface area contributed by atoms with Gasteiger partial charge in [-0.2, -0.15) is 23.0 Å². The van der Waals surface area contributed by atoms with Gasteiger partial charge in [-0.15, -0.1) is 0 Å². The molecule has 0 saturated carbocycles. The van der Waals surface area contributed by atoms with E-state index >= 15 is 0 Å². The molecule has 1 amide bonds. The summed E-state index contributed by atoms with van der Waals surface area (Å²) in [5.41, 5.74) is -0.554. The quantitative estimate of drug-likeness (QED) is 0.0973. The minimum absolute atomic E-state index is 0.0140. The lowest BCUT2D eigenvalue weighted by molar-refractivity contribution is -0.387. The number of nitrogens with zero attached hydrogens (tertiary/aromatic N) is 4. The van der Waals surface area contributed by atoms with Crippen molar-refractivity contribution in [2.24, 2.45) is 0 Å². The Balaban J connectivity index is 1.90. The van der Waals surface area contributed by atoms with E-state index in [4.69, 9.17) is 8.92 Å². The van der Waals surface area contributed by atoms with Crippen LogP contribution in [0.5, 0.6) is 11.5 Å². The first-order valence-electron chi connectivity index (χ1n) is 9.94. The van der Waals surface area contributed by atoms with Crippen molar-refractivity contribution in [2.75, 3.05) is 18.2 Å². The van der Waals surface area contributed by atoms with Crippen molar-refractivity contribution in [1.29, 1.82) is 5.26 Å². The van der Waals surface area contributed by atoms with Gasteiger partial charge in [-0.1, -0.05) is 30.0 Å². The second kappa shape index (κ2) is 11.6. The van der Waals surface area contributed by atoms with Gasteiger partial charge in [-0.25, -0.2) is 0 Å². The van der Waals surface area contributed by atoms with Crippen LogP contribution < -0.4 is 14.2 Å². The van der Waals surface area contributed by atoms with Gasteiger partial charge < -0.3 is 8.92 Å². The predicted octanol–water partition coefficient (Wildman–Crippen LogP) is 3.88. The van der Waals surface area contributed by atoms with Crippen LogP contribution in [0.25, 0.3) is 6.08 Å². The second-order valence-corrected chi connectivity index (χ2v) is 9.65. The monoisotopic (exact) mass is 547 g/mol. The van der Waals surface area contributed by atoms with Gasteiger partial charge in [-0.05, 0) is 43.0 Å². The van der Waals surface area contributed by atoms with Crippen molar-refractivity contribution >= 4 is 56.2 Å². The van der Waals surface area contributed by atoms with Gasteiger partial charge >= 0.3 is 10.1 Å². The summed E-state index contributed by atoms with van der Waals surface area (Å²) in [5.74, 6) is -0.952. The number of hydrogen-bond acceptors (Lipinski definition) is 12. The highest BCUT2D eigenvalue weighted by Gasteiger charge is 2.28. The fraction of sp³-hybridized carbons (Fsp3) is 0.143. The van der Waals surface area contributed by atoms with Crippen LogP contribution >= 0.6 is 23.3 Å². The Kier molecular flexibility index (Phi) is 8.59. The highest BCUT2D eigenvalue weighted by Crippen LogP contribution is 2.34. The molecule has 2 aromatic carbocycles. The summed E-state index contributed by atoms with van der Waals surface area (Å²) in [4.78, 5) is 26.4. The molecular weight excluding hydrogens is 530 g/mol. The van der Waals surface area contributed by atoms with Gasteiger partial charge in [0, 0.05) is 17.6 Å². The number of nitro groups is 1. The van der Waals surface area contributed by atoms with Crippen molar-refractivity contribution in [1.82, 2.24) is 9.36 Å². The fourth-order valence-electron chi connectivity index (χ4n) is 2.76. The molecule has 0 radical (unpaired) electrons. The largest absolute Gasteiger partial charge is 0.490 e. The summed E-state index contributed by atoms with van der Waals surface area (Å²) in [6.07, 6.45) is 3.05. The Bertz CT molecular complexity index is 1480. The van der Waals surface area contributed by atoms with Crippen LogP contribution in [0.15, 0.2) is 58.1 Å². The molecule has 0 fully saturated rings. The molecule has 3 aromatic rings. The number of amides is 1. The van der Waals surface area contributed by atoms with Crippen molar-refractivity contribution in [3.8, 4) is 17.6 Å². The maximum absolute atomic E-state index is 12.8. The summed E-state index contributed by atoms with van der Waals surface area (Å²) in [6.45, 7) is 1.79. The number of ether oxygens (including phenoxy) is 1. The number of nitriles is 1. The number of nitro benzene ring substituents is 1. The van der Waals surface area contributed by atoms with E-state index in [1.807, 2.05) is 0 Å². The number of rotatable bonds is 10. The minimum atomic E-state index is -4.59. The lowest BCUT2D eigenvalue weighted by Crippen LogP contribution is -2.13. The number of carbonyl (C=O) groups excluding carboxylic acids is 1. The van der Waals surface area contributed by atoms with Crippen molar-refractivity contribution in [3.05, 3.63) is 63.7 Å². The van der Waals surface area contributed by atoms with Crippen LogP contribution in [0.2, 0.25) is 0 Å². The smallest absolute Gasteiger partial charge is 0.346 e. The van der Waals surface area contributed by atoms with E-state index in [0.717, 1.165) is 23.7 Å². The Hall–Kier alpha value is -4.00. The number of thioether (sulfide) groups is 1. The zero-order valence-electron chi connectivity index (χ0n) is 18.7. The Morgan fingerprint density at radius 1 is 1.31 bits per heavy atom. The maximum Gasteiger partial charge on any atom is 0.346 e. The SMILES string of the molecule is CCOc1cc(C=C(C#N)C(=O)Nc2nc(SC)ns2)ccc1OS(=O)(=O)c1ccccc1[N+](=O)[O-]. The molecule has 3 rings (SSSR count). The predicted molar refractivity (Wildman–Crippen MR) is 132 cm³/mol. The van der Waals surface area contributed by atoms with Gasteiger partial charge in [0.15, 0.2) is 16.4 Å². The van der Waals surface area contributed by atoms with Gasteiger partial charge in [0.25, 0.3) is 11.6 Å². The van der Waals surface area contributed by atoms with Gasteiger partial charge in [0.2, 0.25) is 10.3 Å². The average molecular weight is 548 g/mol. The van der Waals surface area contributed by atoms with E-state index < -0.39 is 31.5 Å². The third-order valence-corrected chi connectivity index (χ3v) is 6.86. The Morgan fingerprint density at radius 3 is 2.69 bits per heavy atom. The molecular formula is C21H17N5O7S3. The molecule has 0 bridgehead atoms. The van der Waals surface area contributed by atoms with Crippen molar-refractivity contribution < 1.29 is 27.1 Å². The van der Waals surface area contributed by atoms with Crippen LogP contribution in [0.3, 0.4) is 0 Å². The Morgan fingerprint density at radius 2 is 2.06 bits per heavy atom. The molecule has 0 aliphatic heterocycles. The first-order chi connectivity index (χ1) is 17.2. The standard InChI is InChI=1S/C21H17N5O7S3/c1-3-32-17-11-13(10-14(12-22)19(27)23-20-24-21(34-2)25-35-20)8-9-16(17)33-36(30,31)18-7-5-4-6-15(18)26(28)29/h4-11H,3H2,1-2H3,(H,23,24,25,27). The van der Waals surface area contributed by atoms with Crippen molar-refractivity contribution in [2.45, 2.75) is 17.0 Å². The number of aromatic nitrogens is 2. The first-order valence-corrected chi connectivity index (χ1v) is 13.3. The van der Waals surface area contributed by atoms with Gasteiger partial charge in [-0.3, -0.25) is 20.2 Å². The van der Waals surface area contributed by atoms with Crippen LogP contribution in [-0.4, -0.2) is 41.5 Å². The lowest BCUT2D eigenvalue weighted by Gasteiger charge is -2.13. The van der Waals surface area contributed by atoms with E-state index in [-0.39, 0.29) is 28.8 Å². The van der Waals surface area contributed by atoms with Crippen LogP contribution in [0.4, 0.5) is 10.8 Å². The molecule has 186 valence electrons. The van der Waals surface area contributed by atoms with E-state index in [9.17, 15) is 28.6 Å². The van der Waals surface area contributed by atoms with E-state index in [1.165, 1.54) is 48.2 Å². The van der Waals surface area contributed by atoms with Crippen LogP contribution in [0, 0.1) is 21.4 Å². The molecule has 36 heavy (non-hydrogen) atoms. The highest BCUT2D eigenvalue weighted by atomic mass is 32.2. The van der Waals surface area contributed by atoms with E-state index in [0.29, 0.717) is 10.7 Å². The molecule has 0 spiro atoms. The van der Waals surface area contributed by atoms with Crippen molar-refractivity contribution in [3.63, 3.8) is 0 Å². The normalized spacial score (nSPS) is 11.4. The highest BCUT2D eigenvalue weighted by molar-refractivity contribution is 7.98. The van der Waals surface area contributed by atoms with Crippen LogP contribution in [-0.2, 0) is 14.9 Å². The maximum atomic E-state index is 12.8. The number of benzene rings is 2. The molecule has 0 aliphatic rings. The molecule has 12 nitrogen and oxygen atoms in total. The molecule has 0 unspecified atom stereocenters. The third-order valence-electron chi connectivity index (χ3n) is 4.28. The zero-order chi connectivity index (χ0) is 26.3. The number of hydrogen-bond donors (Lipinski definition) is 1. The third kappa shape index (κ3) is 6.36. The van der Waals surface area contributed by atoms with E-state index in [2.05, 4.69) is 14.7 Å².